The number of anilines is 2. The maximum Gasteiger partial charge on any atom is 0.268 e. The molecule has 0 saturated heterocycles. The van der Waals surface area contributed by atoms with Crippen molar-refractivity contribution in [2.45, 2.75) is 26.9 Å². The number of fused-ring (bicyclic) bond motifs is 1. The lowest BCUT2D eigenvalue weighted by molar-refractivity contribution is -0.125. The standard InChI is InChI=1S/C22H24N2O4/c1-5-11-24-18-12-17(9-10-19(18)28-16(4)22(24)26)23-20(25)13-27-21-14(2)7-6-8-15(21)3/h5-10,12,16H,1,11,13H2,2-4H3,(H,23,25). The van der Waals surface area contributed by atoms with Crippen LogP contribution in [0.2, 0.25) is 0 Å². The molecule has 0 bridgehead atoms. The van der Waals surface area contributed by atoms with Crippen molar-refractivity contribution in [3.05, 3.63) is 60.2 Å². The molecule has 0 aromatic heterocycles. The van der Waals surface area contributed by atoms with Crippen molar-refractivity contribution in [3.8, 4) is 11.5 Å². The minimum absolute atomic E-state index is 0.106. The van der Waals surface area contributed by atoms with Crippen LogP contribution in [0.1, 0.15) is 18.1 Å². The Kier molecular flexibility index (Phi) is 5.68. The maximum absolute atomic E-state index is 12.4. The Labute approximate surface area is 164 Å². The van der Waals surface area contributed by atoms with Gasteiger partial charge in [-0.15, -0.1) is 6.58 Å². The summed E-state index contributed by atoms with van der Waals surface area (Å²) in [5.41, 5.74) is 3.13. The molecule has 28 heavy (non-hydrogen) atoms. The quantitative estimate of drug-likeness (QED) is 0.777. The lowest BCUT2D eigenvalue weighted by atomic mass is 10.1. The summed E-state index contributed by atoms with van der Waals surface area (Å²) in [7, 11) is 0. The van der Waals surface area contributed by atoms with Crippen molar-refractivity contribution < 1.29 is 19.1 Å². The van der Waals surface area contributed by atoms with Gasteiger partial charge in [-0.3, -0.25) is 9.59 Å². The molecule has 2 amide bonds. The number of aryl methyl sites for hydroxylation is 2. The minimum atomic E-state index is -0.557. The summed E-state index contributed by atoms with van der Waals surface area (Å²) in [5, 5.41) is 2.81. The number of ether oxygens (including phenoxy) is 2. The first kappa shape index (κ1) is 19.5. The van der Waals surface area contributed by atoms with Gasteiger partial charge in [-0.1, -0.05) is 24.3 Å². The van der Waals surface area contributed by atoms with E-state index in [-0.39, 0.29) is 18.4 Å². The molecule has 1 N–H and O–H groups in total. The smallest absolute Gasteiger partial charge is 0.268 e. The third-order valence-electron chi connectivity index (χ3n) is 4.52. The molecular weight excluding hydrogens is 356 g/mol. The molecule has 1 atom stereocenters. The summed E-state index contributed by atoms with van der Waals surface area (Å²) in [4.78, 5) is 26.3. The predicted octanol–water partition coefficient (Wildman–Crippen LogP) is 3.62. The van der Waals surface area contributed by atoms with E-state index in [2.05, 4.69) is 11.9 Å². The highest BCUT2D eigenvalue weighted by Gasteiger charge is 2.31. The van der Waals surface area contributed by atoms with Crippen LogP contribution in [0.5, 0.6) is 11.5 Å². The van der Waals surface area contributed by atoms with Gasteiger partial charge < -0.3 is 19.7 Å². The van der Waals surface area contributed by atoms with E-state index in [0.717, 1.165) is 11.1 Å². The topological polar surface area (TPSA) is 67.9 Å². The number of nitrogens with one attached hydrogen (secondary N) is 1. The number of carbonyl (C=O) groups is 2. The summed E-state index contributed by atoms with van der Waals surface area (Å²) >= 11 is 0. The number of hydrogen-bond acceptors (Lipinski definition) is 4. The van der Waals surface area contributed by atoms with E-state index in [1.807, 2.05) is 32.0 Å². The first-order valence-corrected chi connectivity index (χ1v) is 9.12. The van der Waals surface area contributed by atoms with Gasteiger partial charge in [-0.05, 0) is 50.1 Å². The summed E-state index contributed by atoms with van der Waals surface area (Å²) in [6.45, 7) is 9.56. The van der Waals surface area contributed by atoms with Crippen molar-refractivity contribution in [1.29, 1.82) is 0 Å². The molecule has 1 heterocycles. The first-order valence-electron chi connectivity index (χ1n) is 9.12. The van der Waals surface area contributed by atoms with Crippen LogP contribution in [0.25, 0.3) is 0 Å². The number of nitrogens with zero attached hydrogens (tertiary/aromatic N) is 1. The Morgan fingerprint density at radius 3 is 2.68 bits per heavy atom. The van der Waals surface area contributed by atoms with E-state index in [0.29, 0.717) is 29.4 Å². The highest BCUT2D eigenvalue weighted by molar-refractivity contribution is 6.01. The molecule has 3 rings (SSSR count). The van der Waals surface area contributed by atoms with Gasteiger partial charge in [0.15, 0.2) is 12.7 Å². The second-order valence-corrected chi connectivity index (χ2v) is 6.74. The van der Waals surface area contributed by atoms with Crippen LogP contribution in [-0.4, -0.2) is 31.1 Å². The van der Waals surface area contributed by atoms with Crippen LogP contribution in [0.15, 0.2) is 49.1 Å². The zero-order valence-electron chi connectivity index (χ0n) is 16.3. The third-order valence-corrected chi connectivity index (χ3v) is 4.52. The van der Waals surface area contributed by atoms with Crippen molar-refractivity contribution in [2.75, 3.05) is 23.4 Å². The summed E-state index contributed by atoms with van der Waals surface area (Å²) < 4.78 is 11.3. The maximum atomic E-state index is 12.4. The van der Waals surface area contributed by atoms with Crippen LogP contribution in [0.3, 0.4) is 0 Å². The van der Waals surface area contributed by atoms with Crippen LogP contribution in [-0.2, 0) is 9.59 Å². The molecule has 1 aliphatic heterocycles. The number of amides is 2. The minimum Gasteiger partial charge on any atom is -0.483 e. The van der Waals surface area contributed by atoms with Gasteiger partial charge in [-0.2, -0.15) is 0 Å². The molecule has 146 valence electrons. The SMILES string of the molecule is C=CCN1C(=O)C(C)Oc2ccc(NC(=O)COc3c(C)cccc3C)cc21. The van der Waals surface area contributed by atoms with E-state index >= 15 is 0 Å². The molecule has 6 heteroatoms. The van der Waals surface area contributed by atoms with Crippen molar-refractivity contribution in [3.63, 3.8) is 0 Å². The van der Waals surface area contributed by atoms with Crippen LogP contribution in [0.4, 0.5) is 11.4 Å². The molecule has 0 aliphatic carbocycles. The number of benzene rings is 2. The van der Waals surface area contributed by atoms with E-state index in [1.165, 1.54) is 0 Å². The summed E-state index contributed by atoms with van der Waals surface area (Å²) in [6, 6.07) is 11.0. The fourth-order valence-electron chi connectivity index (χ4n) is 3.16. The van der Waals surface area contributed by atoms with Crippen molar-refractivity contribution in [1.82, 2.24) is 0 Å². The van der Waals surface area contributed by atoms with E-state index < -0.39 is 6.10 Å². The molecule has 1 unspecified atom stereocenters. The summed E-state index contributed by atoms with van der Waals surface area (Å²) in [6.07, 6.45) is 1.10. The Hall–Kier alpha value is -3.28. The molecule has 1 aliphatic rings. The zero-order valence-corrected chi connectivity index (χ0v) is 16.3. The summed E-state index contributed by atoms with van der Waals surface area (Å²) in [5.74, 6) is 0.885. The van der Waals surface area contributed by atoms with Gasteiger partial charge in [0.1, 0.15) is 11.5 Å². The first-order chi connectivity index (χ1) is 13.4. The average molecular weight is 380 g/mol. The zero-order chi connectivity index (χ0) is 20.3. The highest BCUT2D eigenvalue weighted by Crippen LogP contribution is 2.36. The van der Waals surface area contributed by atoms with Gasteiger partial charge in [0.25, 0.3) is 11.8 Å². The molecule has 2 aromatic carbocycles. The lowest BCUT2D eigenvalue weighted by Gasteiger charge is -2.32. The molecule has 0 fully saturated rings. The van der Waals surface area contributed by atoms with Crippen LogP contribution < -0.4 is 19.7 Å². The van der Waals surface area contributed by atoms with Gasteiger partial charge >= 0.3 is 0 Å². The molecule has 0 saturated carbocycles. The normalized spacial score (nSPS) is 15.5. The predicted molar refractivity (Wildman–Crippen MR) is 109 cm³/mol. The van der Waals surface area contributed by atoms with E-state index in [1.54, 1.807) is 36.1 Å². The number of rotatable bonds is 6. The number of para-hydroxylation sites is 1. The van der Waals surface area contributed by atoms with Gasteiger partial charge in [0.05, 0.1) is 5.69 Å². The molecule has 0 radical (unpaired) electrons. The lowest BCUT2D eigenvalue weighted by Crippen LogP contribution is -2.44. The fourth-order valence-corrected chi connectivity index (χ4v) is 3.16. The van der Waals surface area contributed by atoms with E-state index in [4.69, 9.17) is 9.47 Å². The van der Waals surface area contributed by atoms with Crippen LogP contribution in [0, 0.1) is 13.8 Å². The van der Waals surface area contributed by atoms with Gasteiger partial charge in [-0.25, -0.2) is 0 Å². The van der Waals surface area contributed by atoms with E-state index in [9.17, 15) is 9.59 Å². The third kappa shape index (κ3) is 4.01. The van der Waals surface area contributed by atoms with Gasteiger partial charge in [0.2, 0.25) is 0 Å². The van der Waals surface area contributed by atoms with Crippen molar-refractivity contribution in [2.24, 2.45) is 0 Å². The Balaban J connectivity index is 1.72. The fraction of sp³-hybridized carbons (Fsp3) is 0.273. The molecular formula is C22H24N2O4. The Morgan fingerprint density at radius 2 is 2.00 bits per heavy atom. The Morgan fingerprint density at radius 1 is 1.29 bits per heavy atom. The largest absolute Gasteiger partial charge is 0.483 e. The van der Waals surface area contributed by atoms with Crippen LogP contribution >= 0.6 is 0 Å². The van der Waals surface area contributed by atoms with Crippen molar-refractivity contribution >= 4 is 23.2 Å². The molecule has 2 aromatic rings. The highest BCUT2D eigenvalue weighted by atomic mass is 16.5. The number of hydrogen-bond donors (Lipinski definition) is 1. The average Bonchev–Trinajstić information content (AvgIpc) is 2.65. The Bertz CT molecular complexity index is 902. The second kappa shape index (κ2) is 8.17. The molecule has 0 spiro atoms. The number of carbonyl (C=O) groups excluding carboxylic acids is 2. The second-order valence-electron chi connectivity index (χ2n) is 6.74. The molecule has 6 nitrogen and oxygen atoms in total. The van der Waals surface area contributed by atoms with Gasteiger partial charge in [0, 0.05) is 12.2 Å². The monoisotopic (exact) mass is 380 g/mol.